The zero-order chi connectivity index (χ0) is 13.7. The highest BCUT2D eigenvalue weighted by Gasteiger charge is 2.66. The number of cyclic esters (lactones) is 1. The molecule has 0 spiro atoms. The van der Waals surface area contributed by atoms with Gasteiger partial charge in [-0.25, -0.2) is 0 Å². The summed E-state index contributed by atoms with van der Waals surface area (Å²) >= 11 is 0. The van der Waals surface area contributed by atoms with E-state index >= 15 is 0 Å². The molecule has 2 aliphatic carbocycles. The lowest BCUT2D eigenvalue weighted by Gasteiger charge is -2.27. The molecular formula is C13H16O6. The van der Waals surface area contributed by atoms with Gasteiger partial charge < -0.3 is 14.2 Å². The molecule has 0 amide bonds. The lowest BCUT2D eigenvalue weighted by Crippen LogP contribution is -2.35. The third-order valence-electron chi connectivity index (χ3n) is 4.46. The van der Waals surface area contributed by atoms with Crippen molar-refractivity contribution in [1.29, 1.82) is 0 Å². The average Bonchev–Trinajstić information content (AvgIpc) is 2.89. The van der Waals surface area contributed by atoms with Crippen LogP contribution in [0, 0.1) is 23.7 Å². The zero-order valence-electron chi connectivity index (χ0n) is 10.8. The minimum atomic E-state index is -0.364. The topological polar surface area (TPSA) is 78.9 Å². The van der Waals surface area contributed by atoms with Gasteiger partial charge in [0, 0.05) is 31.6 Å². The van der Waals surface area contributed by atoms with Crippen LogP contribution >= 0.6 is 0 Å². The Morgan fingerprint density at radius 2 is 1.84 bits per heavy atom. The third kappa shape index (κ3) is 1.81. The average molecular weight is 268 g/mol. The van der Waals surface area contributed by atoms with Gasteiger partial charge in [0.25, 0.3) is 0 Å². The van der Waals surface area contributed by atoms with Crippen LogP contribution < -0.4 is 0 Å². The molecular weight excluding hydrogens is 252 g/mol. The molecule has 1 saturated heterocycles. The highest BCUT2D eigenvalue weighted by molar-refractivity contribution is 5.77. The third-order valence-corrected chi connectivity index (χ3v) is 4.46. The predicted molar refractivity (Wildman–Crippen MR) is 60.6 cm³/mol. The van der Waals surface area contributed by atoms with Crippen molar-refractivity contribution in [2.45, 2.75) is 32.5 Å². The summed E-state index contributed by atoms with van der Waals surface area (Å²) < 4.78 is 15.7. The number of ether oxygens (including phenoxy) is 3. The van der Waals surface area contributed by atoms with Gasteiger partial charge in [-0.15, -0.1) is 0 Å². The van der Waals surface area contributed by atoms with Crippen LogP contribution in [0.3, 0.4) is 0 Å². The van der Waals surface area contributed by atoms with Crippen LogP contribution in [0.2, 0.25) is 0 Å². The van der Waals surface area contributed by atoms with E-state index in [1.807, 2.05) is 0 Å². The van der Waals surface area contributed by atoms with Gasteiger partial charge >= 0.3 is 17.9 Å². The molecule has 2 saturated carbocycles. The molecule has 6 heteroatoms. The van der Waals surface area contributed by atoms with E-state index in [9.17, 15) is 14.4 Å². The number of carbonyl (C=O) groups excluding carboxylic acids is 3. The van der Waals surface area contributed by atoms with Crippen LogP contribution in [0.15, 0.2) is 0 Å². The Morgan fingerprint density at radius 3 is 2.47 bits per heavy atom. The van der Waals surface area contributed by atoms with Crippen molar-refractivity contribution >= 4 is 17.9 Å². The van der Waals surface area contributed by atoms with Crippen molar-refractivity contribution in [2.75, 3.05) is 6.61 Å². The van der Waals surface area contributed by atoms with Crippen molar-refractivity contribution in [2.24, 2.45) is 23.7 Å². The van der Waals surface area contributed by atoms with Gasteiger partial charge in [-0.2, -0.15) is 0 Å². The summed E-state index contributed by atoms with van der Waals surface area (Å²) in [6.07, 6.45) is -0.0364. The Morgan fingerprint density at radius 1 is 1.16 bits per heavy atom. The Bertz CT molecular complexity index is 444. The molecule has 6 atom stereocenters. The normalized spacial score (nSPS) is 42.7. The molecule has 0 radical (unpaired) electrons. The fourth-order valence-corrected chi connectivity index (χ4v) is 4.02. The lowest BCUT2D eigenvalue weighted by molar-refractivity contribution is -0.155. The van der Waals surface area contributed by atoms with Crippen LogP contribution in [0.4, 0.5) is 0 Å². The summed E-state index contributed by atoms with van der Waals surface area (Å²) in [7, 11) is 0. The second-order valence-corrected chi connectivity index (χ2v) is 5.52. The fourth-order valence-electron chi connectivity index (χ4n) is 4.02. The van der Waals surface area contributed by atoms with Crippen molar-refractivity contribution in [1.82, 2.24) is 0 Å². The van der Waals surface area contributed by atoms with Gasteiger partial charge in [0.05, 0.1) is 12.5 Å². The summed E-state index contributed by atoms with van der Waals surface area (Å²) in [6.45, 7) is 3.05. The van der Waals surface area contributed by atoms with Crippen LogP contribution in [-0.4, -0.2) is 36.7 Å². The van der Waals surface area contributed by atoms with E-state index in [2.05, 4.69) is 0 Å². The van der Waals surface area contributed by atoms with E-state index in [0.717, 1.165) is 0 Å². The first-order valence-electron chi connectivity index (χ1n) is 6.50. The van der Waals surface area contributed by atoms with E-state index in [1.54, 1.807) is 0 Å². The molecule has 3 rings (SSSR count). The van der Waals surface area contributed by atoms with Crippen LogP contribution in [0.5, 0.6) is 0 Å². The smallest absolute Gasteiger partial charge is 0.309 e. The standard InChI is InChI=1S/C13H16O6/c1-5(14)18-9-3-7-10-8(4-17-13(10)16)11(9)12(7)19-6(2)15/h7-12H,3-4H2,1-2H3/t7-,8+,9+,10+,11+,12+/m0/s1. The number of carbonyl (C=O) groups is 3. The van der Waals surface area contributed by atoms with Crippen molar-refractivity contribution in [3.05, 3.63) is 0 Å². The molecule has 3 fully saturated rings. The van der Waals surface area contributed by atoms with Crippen LogP contribution in [0.25, 0.3) is 0 Å². The van der Waals surface area contributed by atoms with Gasteiger partial charge in [0.1, 0.15) is 12.2 Å². The maximum Gasteiger partial charge on any atom is 0.309 e. The predicted octanol–water partition coefficient (Wildman–Crippen LogP) is 0.289. The first-order valence-corrected chi connectivity index (χ1v) is 6.50. The van der Waals surface area contributed by atoms with E-state index in [1.165, 1.54) is 13.8 Å². The molecule has 0 aromatic rings. The summed E-state index contributed by atoms with van der Waals surface area (Å²) in [5.41, 5.74) is 0. The van der Waals surface area contributed by atoms with E-state index in [0.29, 0.717) is 13.0 Å². The van der Waals surface area contributed by atoms with E-state index in [4.69, 9.17) is 14.2 Å². The Balaban J connectivity index is 1.85. The zero-order valence-corrected chi connectivity index (χ0v) is 10.8. The van der Waals surface area contributed by atoms with Crippen molar-refractivity contribution in [3.63, 3.8) is 0 Å². The molecule has 0 N–H and O–H groups in total. The van der Waals surface area contributed by atoms with Gasteiger partial charge in [0.15, 0.2) is 0 Å². The Kier molecular flexibility index (Phi) is 2.76. The highest BCUT2D eigenvalue weighted by atomic mass is 16.6. The molecule has 2 bridgehead atoms. The molecule has 0 aromatic heterocycles. The number of esters is 3. The van der Waals surface area contributed by atoms with E-state index in [-0.39, 0.29) is 53.8 Å². The van der Waals surface area contributed by atoms with Gasteiger partial charge in [-0.1, -0.05) is 0 Å². The number of rotatable bonds is 2. The fraction of sp³-hybridized carbons (Fsp3) is 0.769. The molecule has 0 unspecified atom stereocenters. The maximum atomic E-state index is 11.7. The highest BCUT2D eigenvalue weighted by Crippen LogP contribution is 2.57. The Hall–Kier alpha value is -1.59. The van der Waals surface area contributed by atoms with Gasteiger partial charge in [-0.3, -0.25) is 14.4 Å². The molecule has 104 valence electrons. The largest absolute Gasteiger partial charge is 0.465 e. The molecule has 1 heterocycles. The first kappa shape index (κ1) is 12.4. The summed E-state index contributed by atoms with van der Waals surface area (Å²) in [6, 6.07) is 0. The van der Waals surface area contributed by atoms with Crippen molar-refractivity contribution < 1.29 is 28.6 Å². The number of hydrogen-bond acceptors (Lipinski definition) is 6. The second kappa shape index (κ2) is 4.21. The van der Waals surface area contributed by atoms with Crippen molar-refractivity contribution in [3.8, 4) is 0 Å². The summed E-state index contributed by atoms with van der Waals surface area (Å²) in [5, 5.41) is 0. The molecule has 6 nitrogen and oxygen atoms in total. The quantitative estimate of drug-likeness (QED) is 0.529. The molecule has 3 aliphatic rings. The lowest BCUT2D eigenvalue weighted by atomic mass is 9.80. The minimum Gasteiger partial charge on any atom is -0.465 e. The molecule has 0 aromatic carbocycles. The summed E-state index contributed by atoms with van der Waals surface area (Å²) in [4.78, 5) is 34.1. The maximum absolute atomic E-state index is 11.7. The van der Waals surface area contributed by atoms with E-state index < -0.39 is 0 Å². The second-order valence-electron chi connectivity index (χ2n) is 5.52. The van der Waals surface area contributed by atoms with Crippen LogP contribution in [0.1, 0.15) is 20.3 Å². The molecule has 1 aliphatic heterocycles. The monoisotopic (exact) mass is 268 g/mol. The number of hydrogen-bond donors (Lipinski definition) is 0. The molecule has 19 heavy (non-hydrogen) atoms. The van der Waals surface area contributed by atoms with Gasteiger partial charge in [-0.05, 0) is 6.42 Å². The Labute approximate surface area is 110 Å². The minimum absolute atomic E-state index is 0.0000463. The first-order chi connectivity index (χ1) is 8.99. The van der Waals surface area contributed by atoms with Crippen LogP contribution in [-0.2, 0) is 28.6 Å². The van der Waals surface area contributed by atoms with Gasteiger partial charge in [0.2, 0.25) is 0 Å². The summed E-state index contributed by atoms with van der Waals surface area (Å²) in [5.74, 6) is -1.33. The SMILES string of the molecule is CC(=O)O[C@@H]1[C@H]2C[C@@H](OC(C)=O)[C@H]1[C@@H]1COC(=O)[C@H]21. The number of fused-ring (bicyclic) bond motifs is 5.